The molecule has 0 aromatic heterocycles. The van der Waals surface area contributed by atoms with Gasteiger partial charge in [-0.2, -0.15) is 0 Å². The van der Waals surface area contributed by atoms with Crippen molar-refractivity contribution in [2.75, 3.05) is 0 Å². The largest absolute Gasteiger partial charge is 0.355 e. The second-order valence-corrected chi connectivity index (χ2v) is 19.7. The third-order valence-corrected chi connectivity index (χ3v) is 15.4. The number of hydrogen-bond donors (Lipinski definition) is 8. The first-order valence-electron chi connectivity index (χ1n) is 23.3. The van der Waals surface area contributed by atoms with Gasteiger partial charge < -0.3 is 43.8 Å². The van der Waals surface area contributed by atoms with E-state index in [0.717, 1.165) is 89.9 Å². The van der Waals surface area contributed by atoms with Crippen LogP contribution in [0.15, 0.2) is 0 Å². The van der Waals surface area contributed by atoms with Crippen LogP contribution in [0, 0.1) is 41.4 Å². The van der Waals surface area contributed by atoms with Crippen molar-refractivity contribution < 1.29 is 46.0 Å². The minimum absolute atomic E-state index is 0.0440. The van der Waals surface area contributed by atoms with Crippen molar-refractivity contribution in [3.63, 3.8) is 0 Å². The maximum atomic E-state index is 14.3. The van der Waals surface area contributed by atoms with Crippen LogP contribution in [0.5, 0.6) is 0 Å². The maximum absolute atomic E-state index is 14.3. The Labute approximate surface area is 345 Å². The van der Waals surface area contributed by atoms with Crippen molar-refractivity contribution in [3.05, 3.63) is 0 Å². The summed E-state index contributed by atoms with van der Waals surface area (Å²) in [7, 11) is 0. The lowest BCUT2D eigenvalue weighted by Gasteiger charge is -2.39. The summed E-state index contributed by atoms with van der Waals surface area (Å²) >= 11 is 0. The molecule has 6 fully saturated rings. The van der Waals surface area contributed by atoms with Gasteiger partial charge in [0.25, 0.3) is 0 Å². The van der Waals surface area contributed by atoms with Gasteiger partial charge in [0.2, 0.25) is 29.5 Å². The monoisotopic (exact) mass is 814 g/mol. The Bertz CT molecular complexity index is 1480. The highest BCUT2D eigenvalue weighted by Gasteiger charge is 2.44. The normalized spacial score (nSPS) is 39.6. The Morgan fingerprint density at radius 1 is 0.362 bits per heavy atom. The summed E-state index contributed by atoms with van der Waals surface area (Å²) in [6, 6.07) is -0.979. The van der Waals surface area contributed by atoms with Gasteiger partial charge in [0, 0.05) is 74.1 Å². The third kappa shape index (κ3) is 11.2. The standard InChI is InChI=1S/C44H74N8O6/c1-24-15-16-26(45)21-32(24)42(56)49-36-13-7-4-10-30(36)40(54)52-39-20-18-28(47)23-34(39)44(58)50-37-14-8-5-11-31(37)41(55)51-38-19-17-27(46)22-33(38)43(57)48-35-12-6-3-9-29(35)25(2)53/h24,26-39H,3-23,45-47H2,1-2H3,(H,48,57)(H,49,56)(H,50,58)(H,51,55)(H,52,54)/p+3. The van der Waals surface area contributed by atoms with Gasteiger partial charge in [0.15, 0.2) is 0 Å². The zero-order chi connectivity index (χ0) is 41.5. The van der Waals surface area contributed by atoms with Crippen molar-refractivity contribution in [2.24, 2.45) is 41.4 Å². The zero-order valence-corrected chi connectivity index (χ0v) is 35.6. The van der Waals surface area contributed by atoms with E-state index in [4.69, 9.17) is 0 Å². The van der Waals surface area contributed by atoms with Crippen molar-refractivity contribution in [3.8, 4) is 0 Å². The smallest absolute Gasteiger partial charge is 0.225 e. The Morgan fingerprint density at radius 3 is 1.07 bits per heavy atom. The SMILES string of the molecule is CC(=O)C1CCCCC1NC(=O)C1CC([NH3+])CCC1NC(=O)C1CCCCC1NC(=O)C1CC([NH3+])CCC1NC(=O)C1CCCCC1NC(=O)C1CC([NH3+])CCC1C. The number of rotatable bonds is 11. The zero-order valence-electron chi connectivity index (χ0n) is 35.6. The predicted octanol–water partition coefficient (Wildman–Crippen LogP) is 0.438. The quantitative estimate of drug-likeness (QED) is 0.147. The number of carbonyl (C=O) groups excluding carboxylic acids is 6. The Kier molecular flexibility index (Phi) is 15.7. The molecule has 58 heavy (non-hydrogen) atoms. The second kappa shape index (κ2) is 20.4. The van der Waals surface area contributed by atoms with Gasteiger partial charge in [-0.05, 0) is 77.0 Å². The van der Waals surface area contributed by atoms with Crippen molar-refractivity contribution in [2.45, 2.75) is 197 Å². The molecule has 0 radical (unpaired) electrons. The lowest BCUT2D eigenvalue weighted by Crippen LogP contribution is -2.67. The Balaban J connectivity index is 1.07. The van der Waals surface area contributed by atoms with Crippen LogP contribution in [0.1, 0.15) is 149 Å². The van der Waals surface area contributed by atoms with Crippen LogP contribution in [0.4, 0.5) is 0 Å². The molecule has 0 saturated heterocycles. The van der Waals surface area contributed by atoms with Gasteiger partial charge in [-0.1, -0.05) is 45.4 Å². The number of amides is 5. The average Bonchev–Trinajstić information content (AvgIpc) is 3.20. The first kappa shape index (κ1) is 44.5. The fourth-order valence-corrected chi connectivity index (χ4v) is 11.7. The number of quaternary nitrogens is 3. The lowest BCUT2D eigenvalue weighted by molar-refractivity contribution is -0.428. The molecule has 0 spiro atoms. The molecule has 0 bridgehead atoms. The summed E-state index contributed by atoms with van der Waals surface area (Å²) in [5, 5.41) is 16.4. The van der Waals surface area contributed by atoms with Crippen LogP contribution in [-0.2, 0) is 28.8 Å². The summed E-state index contributed by atoms with van der Waals surface area (Å²) in [6.07, 6.45) is 16.9. The molecule has 14 N–H and O–H groups in total. The van der Waals surface area contributed by atoms with Crippen LogP contribution in [-0.4, -0.2) is 83.7 Å². The van der Waals surface area contributed by atoms with Gasteiger partial charge in [-0.15, -0.1) is 0 Å². The van der Waals surface area contributed by atoms with Gasteiger partial charge >= 0.3 is 0 Å². The highest BCUT2D eigenvalue weighted by Crippen LogP contribution is 2.33. The molecule has 0 aliphatic heterocycles. The van der Waals surface area contributed by atoms with E-state index in [1.54, 1.807) is 6.92 Å². The molecule has 326 valence electrons. The minimum Gasteiger partial charge on any atom is -0.355 e. The molecule has 5 amide bonds. The van der Waals surface area contributed by atoms with E-state index >= 15 is 0 Å². The summed E-state index contributed by atoms with van der Waals surface area (Å²) in [5.41, 5.74) is 12.8. The summed E-state index contributed by atoms with van der Waals surface area (Å²) in [5.74, 6) is -1.93. The maximum Gasteiger partial charge on any atom is 0.225 e. The average molecular weight is 814 g/mol. The number of ketones is 1. The van der Waals surface area contributed by atoms with Crippen LogP contribution >= 0.6 is 0 Å². The molecule has 6 aliphatic carbocycles. The second-order valence-electron chi connectivity index (χ2n) is 19.7. The minimum atomic E-state index is -0.474. The van der Waals surface area contributed by atoms with Crippen LogP contribution in [0.3, 0.4) is 0 Å². The van der Waals surface area contributed by atoms with Gasteiger partial charge in [0.1, 0.15) is 5.78 Å². The number of hydrogen-bond acceptors (Lipinski definition) is 6. The van der Waals surface area contributed by atoms with Crippen molar-refractivity contribution in [1.82, 2.24) is 26.6 Å². The van der Waals surface area contributed by atoms with E-state index in [1.165, 1.54) is 0 Å². The molecule has 6 rings (SSSR count). The van der Waals surface area contributed by atoms with E-state index in [1.807, 2.05) is 0 Å². The van der Waals surface area contributed by atoms with Gasteiger partial charge in [-0.3, -0.25) is 28.8 Å². The summed E-state index contributed by atoms with van der Waals surface area (Å²) in [6.45, 7) is 3.75. The molecule has 0 heterocycles. The molecule has 14 nitrogen and oxygen atoms in total. The van der Waals surface area contributed by atoms with Gasteiger partial charge in [-0.25, -0.2) is 0 Å². The molecule has 6 aliphatic rings. The molecule has 0 aromatic rings. The number of Topliss-reactive ketones (excluding diaryl/α,β-unsaturated/α-hetero) is 1. The first-order chi connectivity index (χ1) is 27.8. The van der Waals surface area contributed by atoms with Crippen LogP contribution in [0.2, 0.25) is 0 Å². The van der Waals surface area contributed by atoms with Gasteiger partial charge in [0.05, 0.1) is 41.8 Å². The van der Waals surface area contributed by atoms with Crippen molar-refractivity contribution >= 4 is 35.3 Å². The van der Waals surface area contributed by atoms with E-state index in [2.05, 4.69) is 50.7 Å². The highest BCUT2D eigenvalue weighted by molar-refractivity contribution is 5.87. The van der Waals surface area contributed by atoms with E-state index in [9.17, 15) is 28.8 Å². The summed E-state index contributed by atoms with van der Waals surface area (Å²) in [4.78, 5) is 82.1. The first-order valence-corrected chi connectivity index (χ1v) is 23.3. The Hall–Kier alpha value is -3.10. The number of carbonyl (C=O) groups is 6. The van der Waals surface area contributed by atoms with E-state index in [-0.39, 0.29) is 101 Å². The molecule has 15 atom stereocenters. The van der Waals surface area contributed by atoms with E-state index in [0.29, 0.717) is 50.9 Å². The fourth-order valence-electron chi connectivity index (χ4n) is 11.7. The summed E-state index contributed by atoms with van der Waals surface area (Å²) < 4.78 is 0. The molecule has 15 unspecified atom stereocenters. The third-order valence-electron chi connectivity index (χ3n) is 15.4. The predicted molar refractivity (Wildman–Crippen MR) is 217 cm³/mol. The molecular formula is C44H77N8O6+3. The fraction of sp³-hybridized carbons (Fsp3) is 0.864. The topological polar surface area (TPSA) is 245 Å². The van der Waals surface area contributed by atoms with Crippen LogP contribution in [0.25, 0.3) is 0 Å². The highest BCUT2D eigenvalue weighted by atomic mass is 16.2. The molecular weight excluding hydrogens is 737 g/mol. The number of nitrogens with one attached hydrogen (secondary N) is 5. The molecule has 0 aromatic carbocycles. The molecule has 6 saturated carbocycles. The van der Waals surface area contributed by atoms with Crippen molar-refractivity contribution in [1.29, 1.82) is 0 Å². The Morgan fingerprint density at radius 2 is 0.655 bits per heavy atom. The molecule has 14 heteroatoms. The van der Waals surface area contributed by atoms with E-state index < -0.39 is 17.8 Å². The lowest BCUT2D eigenvalue weighted by atomic mass is 9.76. The van der Waals surface area contributed by atoms with Crippen LogP contribution < -0.4 is 43.8 Å².